The predicted molar refractivity (Wildman–Crippen MR) is 92.4 cm³/mol. The van der Waals surface area contributed by atoms with Crippen molar-refractivity contribution >= 4 is 5.91 Å². The van der Waals surface area contributed by atoms with E-state index in [4.69, 9.17) is 0 Å². The Morgan fingerprint density at radius 2 is 1.83 bits per heavy atom. The zero-order chi connectivity index (χ0) is 16.1. The summed E-state index contributed by atoms with van der Waals surface area (Å²) in [7, 11) is 1.98. The fourth-order valence-corrected chi connectivity index (χ4v) is 3.17. The molecule has 1 saturated heterocycles. The molecule has 0 aliphatic carbocycles. The number of nitrogens with zero attached hydrogens (tertiary/aromatic N) is 2. The van der Waals surface area contributed by atoms with E-state index in [-0.39, 0.29) is 5.91 Å². The van der Waals surface area contributed by atoms with Gasteiger partial charge in [-0.15, -0.1) is 0 Å². The van der Waals surface area contributed by atoms with Gasteiger partial charge in [0, 0.05) is 25.8 Å². The van der Waals surface area contributed by atoms with Crippen molar-refractivity contribution < 1.29 is 4.79 Å². The number of nitrogens with one attached hydrogen (secondary N) is 1. The highest BCUT2D eigenvalue weighted by molar-refractivity contribution is 5.92. The second-order valence-electron chi connectivity index (χ2n) is 6.24. The van der Waals surface area contributed by atoms with Crippen molar-refractivity contribution in [3.8, 4) is 0 Å². The normalized spacial score (nSPS) is 15.0. The molecule has 1 amide bonds. The van der Waals surface area contributed by atoms with Crippen LogP contribution in [0.5, 0.6) is 0 Å². The van der Waals surface area contributed by atoms with Crippen LogP contribution in [-0.4, -0.2) is 35.0 Å². The quantitative estimate of drug-likeness (QED) is 0.890. The molecule has 0 bridgehead atoms. The van der Waals surface area contributed by atoms with Gasteiger partial charge in [-0.3, -0.25) is 9.69 Å². The van der Waals surface area contributed by atoms with Gasteiger partial charge in [0.15, 0.2) is 0 Å². The molecule has 1 fully saturated rings. The number of likely N-dealkylation sites (tertiary alicyclic amines) is 1. The van der Waals surface area contributed by atoms with Gasteiger partial charge < -0.3 is 9.88 Å². The lowest BCUT2D eigenvalue weighted by Crippen LogP contribution is -2.28. The van der Waals surface area contributed by atoms with Gasteiger partial charge in [0.1, 0.15) is 5.69 Å². The molecule has 4 heteroatoms. The number of carbonyl (C=O) groups is 1. The summed E-state index contributed by atoms with van der Waals surface area (Å²) in [4.78, 5) is 14.8. The molecule has 3 rings (SSSR count). The number of amides is 1. The third-order valence-electron chi connectivity index (χ3n) is 4.58. The molecule has 2 aromatic rings. The van der Waals surface area contributed by atoms with E-state index in [0.717, 1.165) is 18.7 Å². The van der Waals surface area contributed by atoms with Gasteiger partial charge >= 0.3 is 0 Å². The highest BCUT2D eigenvalue weighted by Crippen LogP contribution is 2.14. The van der Waals surface area contributed by atoms with Crippen LogP contribution >= 0.6 is 0 Å². The Morgan fingerprint density at radius 3 is 2.57 bits per heavy atom. The minimum Gasteiger partial charge on any atom is -0.350 e. The van der Waals surface area contributed by atoms with E-state index in [2.05, 4.69) is 28.4 Å². The van der Waals surface area contributed by atoms with E-state index < -0.39 is 0 Å². The second-order valence-corrected chi connectivity index (χ2v) is 6.24. The van der Waals surface area contributed by atoms with Crippen LogP contribution in [0, 0.1) is 0 Å². The Kier molecular flexibility index (Phi) is 5.13. The van der Waals surface area contributed by atoms with Gasteiger partial charge in [0.25, 0.3) is 5.91 Å². The van der Waals surface area contributed by atoms with E-state index in [9.17, 15) is 4.79 Å². The zero-order valence-electron chi connectivity index (χ0n) is 13.8. The molecule has 0 saturated carbocycles. The van der Waals surface area contributed by atoms with E-state index in [1.165, 1.54) is 37.2 Å². The van der Waals surface area contributed by atoms with Crippen LogP contribution in [0.25, 0.3) is 0 Å². The van der Waals surface area contributed by atoms with Crippen LogP contribution in [0.1, 0.15) is 34.6 Å². The fraction of sp³-hybridized carbons (Fsp3) is 0.421. The summed E-state index contributed by atoms with van der Waals surface area (Å²) in [6.45, 7) is 3.94. The van der Waals surface area contributed by atoms with Crippen molar-refractivity contribution in [2.24, 2.45) is 7.05 Å². The fourth-order valence-electron chi connectivity index (χ4n) is 3.17. The van der Waals surface area contributed by atoms with Crippen LogP contribution in [-0.2, 0) is 20.0 Å². The summed E-state index contributed by atoms with van der Waals surface area (Å²) < 4.78 is 2.02. The molecule has 1 aliphatic heterocycles. The molecular weight excluding hydrogens is 286 g/mol. The monoisotopic (exact) mass is 311 g/mol. The second kappa shape index (κ2) is 7.47. The standard InChI is InChI=1S/C19H25N3O/c1-21-17(15-22-13-5-6-14-22)9-10-18(21)19(23)20-12-11-16-7-3-2-4-8-16/h2-4,7-10H,5-6,11-15H2,1H3,(H,20,23). The maximum atomic E-state index is 12.4. The van der Waals surface area contributed by atoms with Crippen molar-refractivity contribution in [2.45, 2.75) is 25.8 Å². The summed E-state index contributed by atoms with van der Waals surface area (Å²) >= 11 is 0. The van der Waals surface area contributed by atoms with Crippen molar-refractivity contribution in [1.29, 1.82) is 0 Å². The van der Waals surface area contributed by atoms with Crippen molar-refractivity contribution in [2.75, 3.05) is 19.6 Å². The summed E-state index contributed by atoms with van der Waals surface area (Å²) in [6.07, 6.45) is 3.44. The first-order valence-electron chi connectivity index (χ1n) is 8.43. The van der Waals surface area contributed by atoms with Gasteiger partial charge in [0.2, 0.25) is 0 Å². The summed E-state index contributed by atoms with van der Waals surface area (Å²) in [6, 6.07) is 14.2. The van der Waals surface area contributed by atoms with Crippen molar-refractivity contribution in [1.82, 2.24) is 14.8 Å². The first kappa shape index (κ1) is 15.8. The molecule has 0 radical (unpaired) electrons. The molecule has 4 nitrogen and oxygen atoms in total. The molecule has 1 aliphatic rings. The third kappa shape index (κ3) is 4.02. The topological polar surface area (TPSA) is 37.3 Å². The van der Waals surface area contributed by atoms with Crippen molar-refractivity contribution in [3.63, 3.8) is 0 Å². The molecule has 1 N–H and O–H groups in total. The van der Waals surface area contributed by atoms with E-state index in [1.807, 2.05) is 35.9 Å². The van der Waals surface area contributed by atoms with E-state index >= 15 is 0 Å². The number of hydrogen-bond acceptors (Lipinski definition) is 2. The smallest absolute Gasteiger partial charge is 0.267 e. The Morgan fingerprint density at radius 1 is 1.09 bits per heavy atom. The molecule has 2 heterocycles. The molecule has 23 heavy (non-hydrogen) atoms. The number of carbonyl (C=O) groups excluding carboxylic acids is 1. The van der Waals surface area contributed by atoms with Crippen molar-refractivity contribution in [3.05, 3.63) is 59.4 Å². The lowest BCUT2D eigenvalue weighted by Gasteiger charge is -2.15. The van der Waals surface area contributed by atoms with E-state index in [1.54, 1.807) is 0 Å². The Hall–Kier alpha value is -2.07. The lowest BCUT2D eigenvalue weighted by atomic mass is 10.1. The van der Waals surface area contributed by atoms with Gasteiger partial charge in [-0.1, -0.05) is 30.3 Å². The molecule has 0 atom stereocenters. The first-order chi connectivity index (χ1) is 11.2. The number of aromatic nitrogens is 1. The molecule has 0 unspecified atom stereocenters. The molecule has 1 aromatic heterocycles. The summed E-state index contributed by atoms with van der Waals surface area (Å²) in [5.74, 6) is 0.0103. The number of rotatable bonds is 6. The SMILES string of the molecule is Cn1c(CN2CCCC2)ccc1C(=O)NCCc1ccccc1. The van der Waals surface area contributed by atoms with E-state index in [0.29, 0.717) is 6.54 Å². The predicted octanol–water partition coefficient (Wildman–Crippen LogP) is 2.59. The van der Waals surface area contributed by atoms with Gasteiger partial charge in [-0.05, 0) is 50.0 Å². The maximum absolute atomic E-state index is 12.4. The highest BCUT2D eigenvalue weighted by atomic mass is 16.1. The largest absolute Gasteiger partial charge is 0.350 e. The maximum Gasteiger partial charge on any atom is 0.267 e. The molecule has 0 spiro atoms. The molecular formula is C19H25N3O. The van der Waals surface area contributed by atoms with Gasteiger partial charge in [-0.25, -0.2) is 0 Å². The van der Waals surface area contributed by atoms with Crippen LogP contribution in [0.3, 0.4) is 0 Å². The minimum atomic E-state index is 0.0103. The van der Waals surface area contributed by atoms with Gasteiger partial charge in [0.05, 0.1) is 0 Å². The highest BCUT2D eigenvalue weighted by Gasteiger charge is 2.16. The minimum absolute atomic E-state index is 0.0103. The summed E-state index contributed by atoms with van der Waals surface area (Å²) in [5, 5.41) is 3.02. The Balaban J connectivity index is 1.53. The Bertz CT molecular complexity index is 642. The third-order valence-corrected chi connectivity index (χ3v) is 4.58. The van der Waals surface area contributed by atoms with Crippen LogP contribution in [0.15, 0.2) is 42.5 Å². The summed E-state index contributed by atoms with van der Waals surface area (Å²) in [5.41, 5.74) is 3.20. The average Bonchev–Trinajstić information content (AvgIpc) is 3.20. The first-order valence-corrected chi connectivity index (χ1v) is 8.43. The number of hydrogen-bond donors (Lipinski definition) is 1. The number of benzene rings is 1. The van der Waals surface area contributed by atoms with Crippen LogP contribution in [0.4, 0.5) is 0 Å². The lowest BCUT2D eigenvalue weighted by molar-refractivity contribution is 0.0945. The van der Waals surface area contributed by atoms with Crippen LogP contribution in [0.2, 0.25) is 0 Å². The zero-order valence-corrected chi connectivity index (χ0v) is 13.8. The Labute approximate surface area is 138 Å². The molecule has 1 aromatic carbocycles. The van der Waals surface area contributed by atoms with Gasteiger partial charge in [-0.2, -0.15) is 0 Å². The van der Waals surface area contributed by atoms with Crippen LogP contribution < -0.4 is 5.32 Å². The molecule has 122 valence electrons. The average molecular weight is 311 g/mol.